The Balaban J connectivity index is 2.76. The molecular weight excluding hydrogens is 215 g/mol. The highest BCUT2D eigenvalue weighted by Crippen LogP contribution is 2.22. The van der Waals surface area contributed by atoms with Gasteiger partial charge in [0.2, 0.25) is 0 Å². The van der Waals surface area contributed by atoms with E-state index in [1.54, 1.807) is 6.07 Å². The normalized spacial score (nSPS) is 11.5. The van der Waals surface area contributed by atoms with Gasteiger partial charge >= 0.3 is 0 Å². The summed E-state index contributed by atoms with van der Waals surface area (Å²) in [5.74, 6) is 0.881. The highest BCUT2D eigenvalue weighted by Gasteiger charge is 2.12. The van der Waals surface area contributed by atoms with Gasteiger partial charge in [-0.05, 0) is 32.0 Å². The lowest BCUT2D eigenvalue weighted by molar-refractivity contribution is 0.592. The molecule has 0 radical (unpaired) electrons. The quantitative estimate of drug-likeness (QED) is 0.717. The first-order valence-corrected chi connectivity index (χ1v) is 5.39. The average Bonchev–Trinajstić information content (AvgIpc) is 2.55. The first-order valence-electron chi connectivity index (χ1n) is 4.86. The number of halogens is 2. The molecule has 0 spiro atoms. The summed E-state index contributed by atoms with van der Waals surface area (Å²) in [6.45, 7) is 4.06. The number of nitrogens with zero attached hydrogens (tertiary/aromatic N) is 2. The van der Waals surface area contributed by atoms with Gasteiger partial charge in [-0.2, -0.15) is 0 Å². The number of aromatic nitrogens is 2. The smallest absolute Gasteiger partial charge is 0.125 e. The molecule has 0 fully saturated rings. The maximum absolute atomic E-state index is 13.1. The second-order valence-electron chi connectivity index (χ2n) is 3.76. The second kappa shape index (κ2) is 3.81. The Labute approximate surface area is 92.7 Å². The summed E-state index contributed by atoms with van der Waals surface area (Å²) in [5.41, 5.74) is 1.60. The molecule has 0 saturated carbocycles. The van der Waals surface area contributed by atoms with Crippen LogP contribution in [0.3, 0.4) is 0 Å². The van der Waals surface area contributed by atoms with Crippen LogP contribution in [0.2, 0.25) is 0 Å². The molecule has 1 aromatic carbocycles. The Kier molecular flexibility index (Phi) is 2.65. The van der Waals surface area contributed by atoms with Crippen LogP contribution in [0.15, 0.2) is 18.2 Å². The molecule has 15 heavy (non-hydrogen) atoms. The van der Waals surface area contributed by atoms with E-state index in [4.69, 9.17) is 11.6 Å². The van der Waals surface area contributed by atoms with Gasteiger partial charge in [0.1, 0.15) is 11.6 Å². The monoisotopic (exact) mass is 226 g/mol. The minimum absolute atomic E-state index is 0.227. The summed E-state index contributed by atoms with van der Waals surface area (Å²) >= 11 is 5.81. The summed E-state index contributed by atoms with van der Waals surface area (Å²) in [5, 5.41) is 0. The number of hydrogen-bond donors (Lipinski definition) is 0. The fourth-order valence-electron chi connectivity index (χ4n) is 1.79. The third-order valence-electron chi connectivity index (χ3n) is 2.36. The minimum atomic E-state index is -0.245. The maximum atomic E-state index is 13.1. The Morgan fingerprint density at radius 2 is 2.20 bits per heavy atom. The van der Waals surface area contributed by atoms with Crippen molar-refractivity contribution in [3.8, 4) is 0 Å². The van der Waals surface area contributed by atoms with Gasteiger partial charge in [-0.15, -0.1) is 11.6 Å². The van der Waals surface area contributed by atoms with E-state index in [-0.39, 0.29) is 11.9 Å². The summed E-state index contributed by atoms with van der Waals surface area (Å²) in [7, 11) is 0. The van der Waals surface area contributed by atoms with Crippen LogP contribution in [-0.2, 0) is 5.88 Å². The Morgan fingerprint density at radius 3 is 2.80 bits per heavy atom. The SMILES string of the molecule is CC(C)n1c(CCl)nc2ccc(F)cc21. The molecule has 4 heteroatoms. The van der Waals surface area contributed by atoms with Crippen LogP contribution in [0.25, 0.3) is 11.0 Å². The predicted molar refractivity (Wildman–Crippen MR) is 59.6 cm³/mol. The summed E-state index contributed by atoms with van der Waals surface area (Å²) in [6, 6.07) is 4.82. The highest BCUT2D eigenvalue weighted by atomic mass is 35.5. The third kappa shape index (κ3) is 1.72. The van der Waals surface area contributed by atoms with Gasteiger partial charge in [-0.3, -0.25) is 0 Å². The highest BCUT2D eigenvalue weighted by molar-refractivity contribution is 6.16. The number of fused-ring (bicyclic) bond motifs is 1. The number of imidazole rings is 1. The van der Waals surface area contributed by atoms with Crippen molar-refractivity contribution in [2.45, 2.75) is 25.8 Å². The van der Waals surface area contributed by atoms with E-state index < -0.39 is 0 Å². The van der Waals surface area contributed by atoms with Gasteiger partial charge in [0.15, 0.2) is 0 Å². The van der Waals surface area contributed by atoms with Gasteiger partial charge in [-0.25, -0.2) is 9.37 Å². The zero-order valence-corrected chi connectivity index (χ0v) is 9.42. The van der Waals surface area contributed by atoms with E-state index in [1.807, 2.05) is 18.4 Å². The minimum Gasteiger partial charge on any atom is -0.324 e. The van der Waals surface area contributed by atoms with Crippen molar-refractivity contribution in [1.82, 2.24) is 9.55 Å². The fraction of sp³-hybridized carbons (Fsp3) is 0.364. The third-order valence-corrected chi connectivity index (χ3v) is 2.60. The van der Waals surface area contributed by atoms with Crippen LogP contribution < -0.4 is 0 Å². The van der Waals surface area contributed by atoms with Crippen LogP contribution in [-0.4, -0.2) is 9.55 Å². The number of benzene rings is 1. The van der Waals surface area contributed by atoms with E-state index in [9.17, 15) is 4.39 Å². The molecular formula is C11H12ClFN2. The van der Waals surface area contributed by atoms with Crippen molar-refractivity contribution in [3.05, 3.63) is 29.8 Å². The molecule has 0 atom stereocenters. The van der Waals surface area contributed by atoms with Crippen LogP contribution in [0, 0.1) is 5.82 Å². The second-order valence-corrected chi connectivity index (χ2v) is 4.03. The molecule has 0 unspecified atom stereocenters. The van der Waals surface area contributed by atoms with Crippen molar-refractivity contribution in [2.24, 2.45) is 0 Å². The van der Waals surface area contributed by atoms with Crippen molar-refractivity contribution >= 4 is 22.6 Å². The Morgan fingerprint density at radius 1 is 1.47 bits per heavy atom. The summed E-state index contributed by atoms with van der Waals surface area (Å²) in [6.07, 6.45) is 0. The first-order chi connectivity index (χ1) is 7.13. The van der Waals surface area contributed by atoms with E-state index in [1.165, 1.54) is 12.1 Å². The summed E-state index contributed by atoms with van der Waals surface area (Å²) in [4.78, 5) is 4.36. The molecule has 0 N–H and O–H groups in total. The van der Waals surface area contributed by atoms with E-state index >= 15 is 0 Å². The zero-order valence-electron chi connectivity index (χ0n) is 8.67. The largest absolute Gasteiger partial charge is 0.324 e. The van der Waals surface area contributed by atoms with Gasteiger partial charge in [0, 0.05) is 6.04 Å². The van der Waals surface area contributed by atoms with Gasteiger partial charge in [0.25, 0.3) is 0 Å². The molecule has 2 nitrogen and oxygen atoms in total. The van der Waals surface area contributed by atoms with Crippen LogP contribution >= 0.6 is 11.6 Å². The molecule has 1 heterocycles. The Bertz CT molecular complexity index is 491. The average molecular weight is 227 g/mol. The molecule has 0 aliphatic rings. The van der Waals surface area contributed by atoms with Gasteiger partial charge < -0.3 is 4.57 Å². The van der Waals surface area contributed by atoms with Crippen molar-refractivity contribution in [1.29, 1.82) is 0 Å². The molecule has 0 aliphatic carbocycles. The lowest BCUT2D eigenvalue weighted by Crippen LogP contribution is -2.04. The number of rotatable bonds is 2. The van der Waals surface area contributed by atoms with Crippen molar-refractivity contribution in [2.75, 3.05) is 0 Å². The lowest BCUT2D eigenvalue weighted by Gasteiger charge is -2.11. The van der Waals surface area contributed by atoms with Gasteiger partial charge in [-0.1, -0.05) is 0 Å². The predicted octanol–water partition coefficient (Wildman–Crippen LogP) is 3.50. The number of alkyl halides is 1. The van der Waals surface area contributed by atoms with Crippen LogP contribution in [0.5, 0.6) is 0 Å². The van der Waals surface area contributed by atoms with Gasteiger partial charge in [0.05, 0.1) is 16.9 Å². The molecule has 2 rings (SSSR count). The van der Waals surface area contributed by atoms with E-state index in [0.717, 1.165) is 16.9 Å². The molecule has 0 amide bonds. The summed E-state index contributed by atoms with van der Waals surface area (Å²) < 4.78 is 15.1. The fourth-order valence-corrected chi connectivity index (χ4v) is 1.98. The standard InChI is InChI=1S/C11H12ClFN2/c1-7(2)15-10-5-8(13)3-4-9(10)14-11(15)6-12/h3-5,7H,6H2,1-2H3. The number of hydrogen-bond acceptors (Lipinski definition) is 1. The molecule has 2 aromatic rings. The van der Waals surface area contributed by atoms with Crippen molar-refractivity contribution < 1.29 is 4.39 Å². The molecule has 0 aliphatic heterocycles. The molecule has 80 valence electrons. The van der Waals surface area contributed by atoms with Crippen molar-refractivity contribution in [3.63, 3.8) is 0 Å². The molecule has 0 saturated heterocycles. The van der Waals surface area contributed by atoms with Crippen LogP contribution in [0.1, 0.15) is 25.7 Å². The zero-order chi connectivity index (χ0) is 11.0. The van der Waals surface area contributed by atoms with E-state index in [0.29, 0.717) is 5.88 Å². The first kappa shape index (κ1) is 10.4. The molecule has 1 aromatic heterocycles. The Hall–Kier alpha value is -1.09. The topological polar surface area (TPSA) is 17.8 Å². The molecule has 0 bridgehead atoms. The van der Waals surface area contributed by atoms with E-state index in [2.05, 4.69) is 4.98 Å². The lowest BCUT2D eigenvalue weighted by atomic mass is 10.3. The maximum Gasteiger partial charge on any atom is 0.125 e. The van der Waals surface area contributed by atoms with Crippen LogP contribution in [0.4, 0.5) is 4.39 Å².